The SMILES string of the molecule is OCc1c(C(F)(F)F)nc2c(Oc3ccccc3)cccn12. The number of benzene rings is 1. The van der Waals surface area contributed by atoms with Gasteiger partial charge in [0.25, 0.3) is 0 Å². The molecule has 3 rings (SSSR count). The van der Waals surface area contributed by atoms with Crippen LogP contribution in [0.4, 0.5) is 13.2 Å². The monoisotopic (exact) mass is 308 g/mol. The first-order chi connectivity index (χ1) is 10.5. The maximum Gasteiger partial charge on any atom is 0.435 e. The average molecular weight is 308 g/mol. The highest BCUT2D eigenvalue weighted by Gasteiger charge is 2.38. The second-order valence-electron chi connectivity index (χ2n) is 4.54. The summed E-state index contributed by atoms with van der Waals surface area (Å²) in [5.74, 6) is 0.664. The molecule has 0 bridgehead atoms. The van der Waals surface area contributed by atoms with E-state index in [1.807, 2.05) is 0 Å². The molecule has 0 atom stereocenters. The van der Waals surface area contributed by atoms with Gasteiger partial charge in [0.1, 0.15) is 5.75 Å². The van der Waals surface area contributed by atoms with E-state index >= 15 is 0 Å². The van der Waals surface area contributed by atoms with Crippen LogP contribution in [0.15, 0.2) is 48.7 Å². The van der Waals surface area contributed by atoms with Gasteiger partial charge in [-0.15, -0.1) is 0 Å². The van der Waals surface area contributed by atoms with E-state index < -0.39 is 18.5 Å². The van der Waals surface area contributed by atoms with Crippen molar-refractivity contribution in [1.29, 1.82) is 0 Å². The average Bonchev–Trinajstić information content (AvgIpc) is 2.88. The number of rotatable bonds is 3. The number of aliphatic hydroxyl groups excluding tert-OH is 1. The molecule has 0 aliphatic carbocycles. The number of fused-ring (bicyclic) bond motifs is 1. The summed E-state index contributed by atoms with van der Waals surface area (Å²) in [7, 11) is 0. The number of imidazole rings is 1. The number of para-hydroxylation sites is 1. The van der Waals surface area contributed by atoms with Crippen molar-refractivity contribution in [2.45, 2.75) is 12.8 Å². The lowest BCUT2D eigenvalue weighted by molar-refractivity contribution is -0.142. The highest BCUT2D eigenvalue weighted by Crippen LogP contribution is 2.34. The van der Waals surface area contributed by atoms with Crippen molar-refractivity contribution >= 4 is 5.65 Å². The van der Waals surface area contributed by atoms with E-state index in [4.69, 9.17) is 4.74 Å². The van der Waals surface area contributed by atoms with Crippen LogP contribution in [0.5, 0.6) is 11.5 Å². The summed E-state index contributed by atoms with van der Waals surface area (Å²) in [5.41, 5.74) is -1.43. The number of pyridine rings is 1. The van der Waals surface area contributed by atoms with Gasteiger partial charge < -0.3 is 9.84 Å². The number of aliphatic hydroxyl groups is 1. The Morgan fingerprint density at radius 2 is 1.82 bits per heavy atom. The van der Waals surface area contributed by atoms with E-state index in [9.17, 15) is 18.3 Å². The van der Waals surface area contributed by atoms with E-state index in [0.29, 0.717) is 5.75 Å². The van der Waals surface area contributed by atoms with Gasteiger partial charge in [-0.3, -0.25) is 4.40 Å². The molecule has 114 valence electrons. The van der Waals surface area contributed by atoms with E-state index in [0.717, 1.165) is 0 Å². The highest BCUT2D eigenvalue weighted by atomic mass is 19.4. The third-order valence-corrected chi connectivity index (χ3v) is 3.10. The fraction of sp³-hybridized carbons (Fsp3) is 0.133. The molecule has 0 amide bonds. The van der Waals surface area contributed by atoms with Crippen LogP contribution in [0.25, 0.3) is 5.65 Å². The van der Waals surface area contributed by atoms with Gasteiger partial charge in [0, 0.05) is 6.20 Å². The number of ether oxygens (including phenoxy) is 1. The molecule has 0 fully saturated rings. The zero-order valence-electron chi connectivity index (χ0n) is 11.2. The molecule has 3 aromatic rings. The van der Waals surface area contributed by atoms with Crippen LogP contribution in [0.3, 0.4) is 0 Å². The Morgan fingerprint density at radius 3 is 2.45 bits per heavy atom. The Morgan fingerprint density at radius 1 is 1.09 bits per heavy atom. The molecule has 2 heterocycles. The normalized spacial score (nSPS) is 11.8. The minimum absolute atomic E-state index is 0.00253. The zero-order valence-corrected chi connectivity index (χ0v) is 11.2. The Bertz CT molecular complexity index is 798. The van der Waals surface area contributed by atoms with Crippen LogP contribution in [-0.2, 0) is 12.8 Å². The summed E-state index contributed by atoms with van der Waals surface area (Å²) in [4.78, 5) is 3.60. The number of nitrogens with zero attached hydrogens (tertiary/aromatic N) is 2. The Kier molecular flexibility index (Phi) is 3.50. The predicted molar refractivity (Wildman–Crippen MR) is 72.6 cm³/mol. The molecule has 4 nitrogen and oxygen atoms in total. The van der Waals surface area contributed by atoms with Gasteiger partial charge >= 0.3 is 6.18 Å². The maximum atomic E-state index is 13.0. The first kappa shape index (κ1) is 14.4. The van der Waals surface area contributed by atoms with Gasteiger partial charge in [-0.25, -0.2) is 4.98 Å². The van der Waals surface area contributed by atoms with Crippen LogP contribution >= 0.6 is 0 Å². The molecule has 7 heteroatoms. The second kappa shape index (κ2) is 5.34. The van der Waals surface area contributed by atoms with Gasteiger partial charge in [-0.05, 0) is 24.3 Å². The molecule has 22 heavy (non-hydrogen) atoms. The number of aromatic nitrogens is 2. The topological polar surface area (TPSA) is 46.8 Å². The van der Waals surface area contributed by atoms with Crippen molar-refractivity contribution < 1.29 is 23.0 Å². The van der Waals surface area contributed by atoms with Crippen LogP contribution < -0.4 is 4.74 Å². The largest absolute Gasteiger partial charge is 0.453 e. The quantitative estimate of drug-likeness (QED) is 0.803. The van der Waals surface area contributed by atoms with Crippen LogP contribution in [0.1, 0.15) is 11.4 Å². The van der Waals surface area contributed by atoms with E-state index in [2.05, 4.69) is 4.98 Å². The summed E-state index contributed by atoms with van der Waals surface area (Å²) in [6.45, 7) is -0.773. The summed E-state index contributed by atoms with van der Waals surface area (Å²) >= 11 is 0. The van der Waals surface area contributed by atoms with Crippen molar-refractivity contribution in [2.24, 2.45) is 0 Å². The Balaban J connectivity index is 2.15. The number of hydrogen-bond donors (Lipinski definition) is 1. The third-order valence-electron chi connectivity index (χ3n) is 3.10. The fourth-order valence-corrected chi connectivity index (χ4v) is 2.16. The molecule has 0 aliphatic heterocycles. The lowest BCUT2D eigenvalue weighted by Gasteiger charge is -2.07. The van der Waals surface area contributed by atoms with Crippen molar-refractivity contribution in [2.75, 3.05) is 0 Å². The van der Waals surface area contributed by atoms with E-state index in [-0.39, 0.29) is 17.1 Å². The first-order valence-electron chi connectivity index (χ1n) is 6.41. The fourth-order valence-electron chi connectivity index (χ4n) is 2.16. The number of halogens is 3. The molecule has 1 aromatic carbocycles. The Labute approximate surface area is 123 Å². The van der Waals surface area contributed by atoms with Crippen molar-refractivity contribution in [3.8, 4) is 11.5 Å². The third kappa shape index (κ3) is 2.50. The summed E-state index contributed by atoms with van der Waals surface area (Å²) in [6, 6.07) is 11.7. The summed E-state index contributed by atoms with van der Waals surface area (Å²) < 4.78 is 45.8. The molecule has 0 aliphatic rings. The molecule has 0 unspecified atom stereocenters. The Hall–Kier alpha value is -2.54. The molecular weight excluding hydrogens is 297 g/mol. The zero-order chi connectivity index (χ0) is 15.7. The molecule has 0 radical (unpaired) electrons. The van der Waals surface area contributed by atoms with Crippen molar-refractivity contribution in [3.63, 3.8) is 0 Å². The van der Waals surface area contributed by atoms with Gasteiger partial charge in [0.05, 0.1) is 12.3 Å². The lowest BCUT2D eigenvalue weighted by atomic mass is 10.3. The maximum absolute atomic E-state index is 13.0. The highest BCUT2D eigenvalue weighted by molar-refractivity contribution is 5.57. The van der Waals surface area contributed by atoms with Gasteiger partial charge in [0.2, 0.25) is 0 Å². The minimum atomic E-state index is -4.64. The smallest absolute Gasteiger partial charge is 0.435 e. The van der Waals surface area contributed by atoms with Crippen LogP contribution in [0, 0.1) is 0 Å². The van der Waals surface area contributed by atoms with Gasteiger partial charge in [0.15, 0.2) is 17.1 Å². The minimum Gasteiger partial charge on any atom is -0.453 e. The van der Waals surface area contributed by atoms with Gasteiger partial charge in [-0.2, -0.15) is 13.2 Å². The van der Waals surface area contributed by atoms with Crippen molar-refractivity contribution in [3.05, 3.63) is 60.0 Å². The molecule has 0 saturated heterocycles. The molecular formula is C15H11F3N2O2. The standard InChI is InChI=1S/C15H11F3N2O2/c16-15(17,18)13-11(9-21)20-8-4-7-12(14(20)19-13)22-10-5-2-1-3-6-10/h1-8,21H,9H2. The van der Waals surface area contributed by atoms with Crippen molar-refractivity contribution in [1.82, 2.24) is 9.38 Å². The van der Waals surface area contributed by atoms with Gasteiger partial charge in [-0.1, -0.05) is 18.2 Å². The number of alkyl halides is 3. The molecule has 2 aromatic heterocycles. The second-order valence-corrected chi connectivity index (χ2v) is 4.54. The van der Waals surface area contributed by atoms with Crippen LogP contribution in [0.2, 0.25) is 0 Å². The van der Waals surface area contributed by atoms with E-state index in [1.54, 1.807) is 30.3 Å². The molecule has 0 saturated carbocycles. The van der Waals surface area contributed by atoms with E-state index in [1.165, 1.54) is 22.7 Å². The number of hydrogen-bond acceptors (Lipinski definition) is 3. The lowest BCUT2D eigenvalue weighted by Crippen LogP contribution is -2.09. The predicted octanol–water partition coefficient (Wildman–Crippen LogP) is 3.64. The van der Waals surface area contributed by atoms with Crippen LogP contribution in [-0.4, -0.2) is 14.5 Å². The summed E-state index contributed by atoms with van der Waals surface area (Å²) in [5, 5.41) is 9.25. The molecule has 1 N–H and O–H groups in total. The summed E-state index contributed by atoms with van der Waals surface area (Å²) in [6.07, 6.45) is -3.24. The first-order valence-corrected chi connectivity index (χ1v) is 6.41. The molecule has 0 spiro atoms.